The Labute approximate surface area is 214 Å². The fourth-order valence-electron chi connectivity index (χ4n) is 4.72. The van der Waals surface area contributed by atoms with Crippen LogP contribution in [-0.4, -0.2) is 71.5 Å². The maximum Gasteiger partial charge on any atom is 0.238 e. The fraction of sp³-hybridized carbons (Fsp3) is 0.593. The topological polar surface area (TPSA) is 88.5 Å². The van der Waals surface area contributed by atoms with Crippen LogP contribution < -0.4 is 10.6 Å². The van der Waals surface area contributed by atoms with Crippen molar-refractivity contribution in [2.75, 3.05) is 44.6 Å². The van der Waals surface area contributed by atoms with Gasteiger partial charge in [-0.05, 0) is 63.4 Å². The number of benzene rings is 1. The van der Waals surface area contributed by atoms with Gasteiger partial charge in [-0.2, -0.15) is 5.26 Å². The zero-order valence-corrected chi connectivity index (χ0v) is 21.5. The van der Waals surface area contributed by atoms with Gasteiger partial charge in [0, 0.05) is 31.7 Å². The third-order valence-corrected chi connectivity index (χ3v) is 8.20. The van der Waals surface area contributed by atoms with Gasteiger partial charge in [0.25, 0.3) is 0 Å². The van der Waals surface area contributed by atoms with E-state index in [1.807, 2.05) is 6.92 Å². The van der Waals surface area contributed by atoms with E-state index in [0.717, 1.165) is 18.7 Å². The van der Waals surface area contributed by atoms with Gasteiger partial charge in [-0.25, -0.2) is 0 Å². The molecule has 3 atom stereocenters. The molecule has 0 spiro atoms. The molecule has 2 N–H and O–H groups in total. The Balaban J connectivity index is 1.48. The second kappa shape index (κ2) is 14.0. The van der Waals surface area contributed by atoms with Crippen molar-refractivity contribution >= 4 is 29.3 Å². The SMILES string of the molecule is C#CCNC(=O)C(C#N)CC1SC(CCNc2cccc(CCN3CCCCC3)c2)C(=O)N1CC. The summed E-state index contributed by atoms with van der Waals surface area (Å²) >= 11 is 1.56. The molecule has 8 heteroatoms. The molecule has 0 aliphatic carbocycles. The van der Waals surface area contributed by atoms with Crippen LogP contribution in [0.2, 0.25) is 0 Å². The summed E-state index contributed by atoms with van der Waals surface area (Å²) in [5.41, 5.74) is 2.41. The minimum atomic E-state index is -0.827. The predicted molar refractivity (Wildman–Crippen MR) is 142 cm³/mol. The van der Waals surface area contributed by atoms with E-state index in [9.17, 15) is 14.9 Å². The summed E-state index contributed by atoms with van der Waals surface area (Å²) in [5, 5.41) is 15.2. The van der Waals surface area contributed by atoms with E-state index in [0.29, 0.717) is 25.9 Å². The van der Waals surface area contributed by atoms with Crippen LogP contribution in [0.4, 0.5) is 5.69 Å². The molecule has 3 unspecified atom stereocenters. The lowest BCUT2D eigenvalue weighted by molar-refractivity contribution is -0.131. The molecule has 2 aliphatic heterocycles. The van der Waals surface area contributed by atoms with E-state index in [2.05, 4.69) is 51.8 Å². The molecule has 0 radical (unpaired) electrons. The first-order valence-electron chi connectivity index (χ1n) is 12.7. The summed E-state index contributed by atoms with van der Waals surface area (Å²) in [6.45, 7) is 6.81. The number of terminal acetylenes is 1. The summed E-state index contributed by atoms with van der Waals surface area (Å²) in [7, 11) is 0. The Morgan fingerprint density at radius 2 is 2.11 bits per heavy atom. The maximum atomic E-state index is 13.0. The fourth-order valence-corrected chi connectivity index (χ4v) is 6.31. The Bertz CT molecular complexity index is 934. The van der Waals surface area contributed by atoms with Crippen molar-refractivity contribution in [2.45, 2.75) is 56.1 Å². The smallest absolute Gasteiger partial charge is 0.238 e. The van der Waals surface area contributed by atoms with Crippen molar-refractivity contribution in [3.63, 3.8) is 0 Å². The zero-order valence-electron chi connectivity index (χ0n) is 20.7. The summed E-state index contributed by atoms with van der Waals surface area (Å²) < 4.78 is 0. The summed E-state index contributed by atoms with van der Waals surface area (Å²) in [4.78, 5) is 29.5. The molecule has 2 heterocycles. The highest BCUT2D eigenvalue weighted by Crippen LogP contribution is 2.36. The van der Waals surface area contributed by atoms with Gasteiger partial charge in [0.05, 0.1) is 23.2 Å². The molecule has 0 saturated carbocycles. The number of rotatable bonds is 12. The number of nitrogens with zero attached hydrogens (tertiary/aromatic N) is 3. The van der Waals surface area contributed by atoms with E-state index in [1.54, 1.807) is 16.7 Å². The first kappa shape index (κ1) is 26.9. The lowest BCUT2D eigenvalue weighted by Crippen LogP contribution is -2.38. The number of hydrogen-bond acceptors (Lipinski definition) is 6. The van der Waals surface area contributed by atoms with Gasteiger partial charge in [-0.3, -0.25) is 9.59 Å². The van der Waals surface area contributed by atoms with Gasteiger partial charge in [-0.15, -0.1) is 18.2 Å². The number of likely N-dealkylation sites (tertiary alicyclic amines) is 1. The summed E-state index contributed by atoms with van der Waals surface area (Å²) in [6, 6.07) is 10.6. The van der Waals surface area contributed by atoms with Crippen LogP contribution in [0.15, 0.2) is 24.3 Å². The average molecular weight is 496 g/mol. The molecular weight excluding hydrogens is 458 g/mol. The van der Waals surface area contributed by atoms with E-state index in [4.69, 9.17) is 6.42 Å². The molecule has 35 heavy (non-hydrogen) atoms. The largest absolute Gasteiger partial charge is 0.385 e. The van der Waals surface area contributed by atoms with E-state index < -0.39 is 5.92 Å². The number of nitrogens with one attached hydrogen (secondary N) is 2. The molecule has 0 bridgehead atoms. The number of amides is 2. The van der Waals surface area contributed by atoms with Crippen LogP contribution in [-0.2, 0) is 16.0 Å². The number of carbonyl (C=O) groups excluding carboxylic acids is 2. The van der Waals surface area contributed by atoms with Gasteiger partial charge in [0.1, 0.15) is 5.92 Å². The van der Waals surface area contributed by atoms with Gasteiger partial charge in [0.2, 0.25) is 11.8 Å². The third-order valence-electron chi connectivity index (χ3n) is 6.67. The monoisotopic (exact) mass is 495 g/mol. The molecule has 7 nitrogen and oxygen atoms in total. The number of piperidine rings is 1. The molecule has 188 valence electrons. The highest BCUT2D eigenvalue weighted by Gasteiger charge is 2.40. The Morgan fingerprint density at radius 1 is 1.31 bits per heavy atom. The van der Waals surface area contributed by atoms with Crippen LogP contribution in [0.25, 0.3) is 0 Å². The predicted octanol–water partition coefficient (Wildman–Crippen LogP) is 3.09. The molecular formula is C27H37N5O2S. The van der Waals surface area contributed by atoms with Gasteiger partial charge >= 0.3 is 0 Å². The Kier molecular flexibility index (Phi) is 10.8. The zero-order chi connectivity index (χ0) is 25.0. The normalized spacial score (nSPS) is 21.2. The van der Waals surface area contributed by atoms with Crippen LogP contribution in [0.1, 0.15) is 44.6 Å². The summed E-state index contributed by atoms with van der Waals surface area (Å²) in [6.07, 6.45) is 11.2. The molecule has 2 saturated heterocycles. The van der Waals surface area contributed by atoms with Crippen LogP contribution in [0, 0.1) is 29.6 Å². The van der Waals surface area contributed by atoms with Crippen molar-refractivity contribution < 1.29 is 9.59 Å². The van der Waals surface area contributed by atoms with Gasteiger partial charge in [0.15, 0.2) is 0 Å². The number of thioether (sulfide) groups is 1. The lowest BCUT2D eigenvalue weighted by Gasteiger charge is -2.26. The maximum absolute atomic E-state index is 13.0. The van der Waals surface area contributed by atoms with Crippen LogP contribution in [0.3, 0.4) is 0 Å². The molecule has 2 amide bonds. The van der Waals surface area contributed by atoms with E-state index in [-0.39, 0.29) is 29.0 Å². The molecule has 3 rings (SSSR count). The molecule has 0 aromatic heterocycles. The molecule has 1 aromatic rings. The Morgan fingerprint density at radius 3 is 2.83 bits per heavy atom. The minimum Gasteiger partial charge on any atom is -0.385 e. The van der Waals surface area contributed by atoms with Crippen LogP contribution >= 0.6 is 11.8 Å². The van der Waals surface area contributed by atoms with Crippen molar-refractivity contribution in [3.05, 3.63) is 29.8 Å². The van der Waals surface area contributed by atoms with Gasteiger partial charge in [-0.1, -0.05) is 24.5 Å². The van der Waals surface area contributed by atoms with Crippen molar-refractivity contribution in [1.82, 2.24) is 15.1 Å². The second-order valence-corrected chi connectivity index (χ2v) is 10.5. The lowest BCUT2D eigenvalue weighted by atomic mass is 10.1. The molecule has 2 fully saturated rings. The van der Waals surface area contributed by atoms with E-state index >= 15 is 0 Å². The number of nitriles is 1. The molecule has 1 aromatic carbocycles. The summed E-state index contributed by atoms with van der Waals surface area (Å²) in [5.74, 6) is 1.23. The highest BCUT2D eigenvalue weighted by molar-refractivity contribution is 8.01. The Hall–Kier alpha value is -2.68. The van der Waals surface area contributed by atoms with Crippen molar-refractivity contribution in [1.29, 1.82) is 5.26 Å². The first-order valence-corrected chi connectivity index (χ1v) is 13.6. The molecule has 2 aliphatic rings. The van der Waals surface area contributed by atoms with Gasteiger partial charge < -0.3 is 20.4 Å². The average Bonchev–Trinajstić information content (AvgIpc) is 3.19. The van der Waals surface area contributed by atoms with E-state index in [1.165, 1.54) is 37.9 Å². The second-order valence-electron chi connectivity index (χ2n) is 9.11. The first-order chi connectivity index (χ1) is 17.0. The van der Waals surface area contributed by atoms with Crippen molar-refractivity contribution in [2.24, 2.45) is 5.92 Å². The van der Waals surface area contributed by atoms with Crippen molar-refractivity contribution in [3.8, 4) is 18.4 Å². The number of anilines is 1. The quantitative estimate of drug-likeness (QED) is 0.433. The third kappa shape index (κ3) is 7.92. The number of carbonyl (C=O) groups is 2. The standard InChI is InChI=1S/C27H37N5O2S/c1-3-13-30-26(33)22(20-28)19-25-32(4-2)27(34)24(35-25)11-14-29-23-10-8-9-21(18-23)12-17-31-15-6-5-7-16-31/h1,8-10,18,22,24-25,29H,4-7,11-17,19H2,2H3,(H,30,33). The highest BCUT2D eigenvalue weighted by atomic mass is 32.2. The number of hydrogen-bond donors (Lipinski definition) is 2. The minimum absolute atomic E-state index is 0.0836. The van der Waals surface area contributed by atoms with Crippen LogP contribution in [0.5, 0.6) is 0 Å².